The second-order valence-electron chi connectivity index (χ2n) is 17.2. The van der Waals surface area contributed by atoms with Gasteiger partial charge in [-0.15, -0.1) is 0 Å². The molecule has 3 aliphatic rings. The van der Waals surface area contributed by atoms with Crippen LogP contribution in [0.25, 0.3) is 5.57 Å². The van der Waals surface area contributed by atoms with Gasteiger partial charge < -0.3 is 63.8 Å². The Bertz CT molecular complexity index is 2550. The van der Waals surface area contributed by atoms with Crippen LogP contribution in [-0.4, -0.2) is 132 Å². The van der Waals surface area contributed by atoms with Crippen molar-refractivity contribution in [3.05, 3.63) is 125 Å². The highest BCUT2D eigenvalue weighted by Crippen LogP contribution is 2.49. The van der Waals surface area contributed by atoms with Crippen molar-refractivity contribution in [3.63, 3.8) is 0 Å². The van der Waals surface area contributed by atoms with Gasteiger partial charge in [-0.2, -0.15) is 0 Å². The van der Waals surface area contributed by atoms with Crippen LogP contribution >= 0.6 is 0 Å². The molecule has 16 heteroatoms. The predicted octanol–water partition coefficient (Wildman–Crippen LogP) is 3.99. The Morgan fingerprint density at radius 1 is 0.809 bits per heavy atom. The summed E-state index contributed by atoms with van der Waals surface area (Å²) in [6, 6.07) is 23.2. The van der Waals surface area contributed by atoms with E-state index in [2.05, 4.69) is 37.6 Å². The Hall–Kier alpha value is -7.17. The van der Waals surface area contributed by atoms with Gasteiger partial charge >= 0.3 is 11.9 Å². The Morgan fingerprint density at radius 3 is 2.15 bits per heavy atom. The lowest BCUT2D eigenvalue weighted by Crippen LogP contribution is -3.09. The van der Waals surface area contributed by atoms with Crippen molar-refractivity contribution in [2.45, 2.75) is 19.4 Å². The van der Waals surface area contributed by atoms with Crippen LogP contribution in [0.5, 0.6) is 23.0 Å². The predicted molar refractivity (Wildman–Crippen MR) is 262 cm³/mol. The third-order valence-electron chi connectivity index (χ3n) is 11.9. The number of nitrogen functional groups attached to an aromatic ring is 1. The minimum absolute atomic E-state index is 0.0205. The summed E-state index contributed by atoms with van der Waals surface area (Å²) < 4.78 is 42.9. The van der Waals surface area contributed by atoms with Crippen molar-refractivity contribution in [1.82, 2.24) is 5.32 Å². The largest absolute Gasteiger partial charge is 0.488 e. The molecule has 360 valence electrons. The number of hydrogen-bond donors (Lipinski definition) is 3. The average molecular weight is 932 g/mol. The summed E-state index contributed by atoms with van der Waals surface area (Å²) in [5, 5.41) is 2.99. The van der Waals surface area contributed by atoms with E-state index in [0.717, 1.165) is 33.5 Å². The molecular weight excluding hydrogens is 869 g/mol. The maximum Gasteiger partial charge on any atom is 0.325 e. The summed E-state index contributed by atoms with van der Waals surface area (Å²) in [7, 11) is 10.8. The first kappa shape index (κ1) is 48.8. The van der Waals surface area contributed by atoms with Crippen LogP contribution in [0, 0.1) is 6.92 Å². The van der Waals surface area contributed by atoms with Gasteiger partial charge in [-0.05, 0) is 79.1 Å². The van der Waals surface area contributed by atoms with Crippen molar-refractivity contribution in [3.8, 4) is 23.0 Å². The van der Waals surface area contributed by atoms with Crippen LogP contribution in [-0.2, 0) is 35.0 Å². The third-order valence-corrected chi connectivity index (χ3v) is 11.9. The van der Waals surface area contributed by atoms with E-state index in [1.807, 2.05) is 109 Å². The van der Waals surface area contributed by atoms with E-state index in [9.17, 15) is 14.4 Å². The van der Waals surface area contributed by atoms with E-state index >= 15 is 0 Å². The van der Waals surface area contributed by atoms with Crippen molar-refractivity contribution >= 4 is 46.2 Å². The number of nitrogens with two attached hydrogens (primary N) is 1. The monoisotopic (exact) mass is 931 g/mol. The molecule has 4 aromatic carbocycles. The van der Waals surface area contributed by atoms with E-state index in [0.29, 0.717) is 70.9 Å². The summed E-state index contributed by atoms with van der Waals surface area (Å²) >= 11 is 0. The number of esters is 2. The number of nitrogens with zero attached hydrogens (tertiary/aromatic N) is 3. The summed E-state index contributed by atoms with van der Waals surface area (Å²) in [6.45, 7) is 3.11. The number of rotatable bonds is 13. The normalized spacial score (nSPS) is 15.9. The van der Waals surface area contributed by atoms with Crippen molar-refractivity contribution < 1.29 is 52.4 Å². The van der Waals surface area contributed by atoms with Gasteiger partial charge in [0.1, 0.15) is 61.1 Å². The molecule has 0 bridgehead atoms. The molecule has 4 N–H and O–H groups in total. The molecule has 1 amide bonds. The van der Waals surface area contributed by atoms with Gasteiger partial charge in [-0.1, -0.05) is 18.2 Å². The van der Waals surface area contributed by atoms with E-state index in [1.54, 1.807) is 0 Å². The average Bonchev–Trinajstić information content (AvgIpc) is 3.33. The number of ether oxygens (including phenoxy) is 7. The number of likely N-dealkylation sites (N-methyl/N-ethyl adjacent to an activating group) is 1. The molecule has 0 saturated carbocycles. The van der Waals surface area contributed by atoms with Crippen LogP contribution in [0.2, 0.25) is 0 Å². The molecule has 4 aromatic rings. The first-order valence-corrected chi connectivity index (χ1v) is 22.8. The van der Waals surface area contributed by atoms with Crippen molar-refractivity contribution in [2.75, 3.05) is 129 Å². The van der Waals surface area contributed by atoms with Gasteiger partial charge in [0, 0.05) is 85.6 Å². The highest BCUT2D eigenvalue weighted by molar-refractivity contribution is 5.95. The number of methoxy groups -OCH3 is 2. The first-order chi connectivity index (χ1) is 32.8. The van der Waals surface area contributed by atoms with Crippen LogP contribution < -0.4 is 49.6 Å². The molecule has 0 aromatic heterocycles. The smallest absolute Gasteiger partial charge is 0.325 e. The fraction of sp³-hybridized carbons (Fsp3) is 0.365. The molecule has 16 nitrogen and oxygen atoms in total. The zero-order valence-electron chi connectivity index (χ0n) is 40.0. The van der Waals surface area contributed by atoms with E-state index < -0.39 is 11.9 Å². The molecule has 0 saturated heterocycles. The SMILES string of the molecule is COC(=O)CN1CCOCCN(CC(=O)OC)c2cc(OCC(=O)NCCc3ccc(N)cc3)c(C3=C4C=CC([NH+](C)C)C=C4Oc4cc(N(C)C)ccc43)cc2OCCOc2cc(C)ccc21. The fourth-order valence-corrected chi connectivity index (χ4v) is 8.09. The summed E-state index contributed by atoms with van der Waals surface area (Å²) in [5.41, 5.74) is 13.8. The lowest BCUT2D eigenvalue weighted by molar-refractivity contribution is -0.871. The first-order valence-electron chi connectivity index (χ1n) is 22.8. The van der Waals surface area contributed by atoms with Gasteiger partial charge in [-0.25, -0.2) is 0 Å². The molecule has 0 radical (unpaired) electrons. The van der Waals surface area contributed by atoms with Gasteiger partial charge in [0.15, 0.2) is 6.61 Å². The Balaban J connectivity index is 1.33. The quantitative estimate of drug-likeness (QED) is 0.130. The molecule has 1 atom stereocenters. The number of hydrogen-bond acceptors (Lipinski definition) is 14. The van der Waals surface area contributed by atoms with Crippen LogP contribution in [0.1, 0.15) is 22.3 Å². The van der Waals surface area contributed by atoms with Crippen molar-refractivity contribution in [2.24, 2.45) is 0 Å². The van der Waals surface area contributed by atoms with Gasteiger partial charge in [0.25, 0.3) is 5.91 Å². The molecule has 7 rings (SSSR count). The number of carbonyl (C=O) groups is 3. The molecule has 68 heavy (non-hydrogen) atoms. The minimum Gasteiger partial charge on any atom is -0.488 e. The van der Waals surface area contributed by atoms with E-state index in [1.165, 1.54) is 19.1 Å². The van der Waals surface area contributed by atoms with Gasteiger partial charge in [0.05, 0.1) is 52.9 Å². The van der Waals surface area contributed by atoms with Crippen LogP contribution in [0.15, 0.2) is 102 Å². The number of fused-ring (bicyclic) bond motifs is 4. The highest BCUT2D eigenvalue weighted by atomic mass is 16.5. The Kier molecular flexibility index (Phi) is 16.2. The lowest BCUT2D eigenvalue weighted by Gasteiger charge is -2.31. The molecule has 2 heterocycles. The number of aryl methyl sites for hydroxylation is 1. The maximum absolute atomic E-state index is 13.6. The van der Waals surface area contributed by atoms with E-state index in [-0.39, 0.29) is 64.6 Å². The molecule has 1 unspecified atom stereocenters. The summed E-state index contributed by atoms with van der Waals surface area (Å²) in [5.74, 6) is 1.49. The number of anilines is 4. The molecule has 2 aliphatic heterocycles. The zero-order chi connectivity index (χ0) is 48.3. The number of nitrogens with one attached hydrogen (secondary N) is 2. The maximum atomic E-state index is 13.6. The number of carbonyl (C=O) groups excluding carboxylic acids is 3. The van der Waals surface area contributed by atoms with Crippen LogP contribution in [0.4, 0.5) is 22.7 Å². The summed E-state index contributed by atoms with van der Waals surface area (Å²) in [4.78, 5) is 46.3. The fourth-order valence-electron chi connectivity index (χ4n) is 8.09. The second kappa shape index (κ2) is 22.5. The second-order valence-corrected chi connectivity index (χ2v) is 17.2. The number of benzene rings is 4. The molecule has 1 aliphatic carbocycles. The summed E-state index contributed by atoms with van der Waals surface area (Å²) in [6.07, 6.45) is 6.94. The van der Waals surface area contributed by atoms with Crippen LogP contribution in [0.3, 0.4) is 0 Å². The van der Waals surface area contributed by atoms with Crippen molar-refractivity contribution in [1.29, 1.82) is 0 Å². The Labute approximate surface area is 398 Å². The Morgan fingerprint density at radius 2 is 1.49 bits per heavy atom. The molecule has 0 fully saturated rings. The number of amides is 1. The number of allylic oxidation sites excluding steroid dienone is 1. The van der Waals surface area contributed by atoms with E-state index in [4.69, 9.17) is 38.9 Å². The molecular formula is C52H63N6O10+. The van der Waals surface area contributed by atoms with Gasteiger partial charge in [0.2, 0.25) is 0 Å². The zero-order valence-corrected chi connectivity index (χ0v) is 40.0. The topological polar surface area (TPSA) is 168 Å². The third kappa shape index (κ3) is 12.0. The molecule has 0 spiro atoms. The van der Waals surface area contributed by atoms with Gasteiger partial charge in [-0.3, -0.25) is 14.4 Å². The minimum atomic E-state index is -0.487. The lowest BCUT2D eigenvalue weighted by atomic mass is 9.86. The number of quaternary nitrogens is 1. The standard InChI is InChI=1S/C52H62N6O10/c1-34-8-17-42-47(26-34)65-24-25-66-48-29-41(52-39-15-13-37(55(2)3)27-45(39)68-46-28-38(56(4)5)14-16-40(46)52)44(67-33-49(59)54-19-18-35-9-11-36(53)12-10-35)30-43(48)58(32-51(61)63-7)21-23-64-22-20-57(42)31-50(60)62-6/h8-17,26-30,37H,18-25,31-33,53H2,1-7H3,(H,54,59)/p+1. The highest BCUT2D eigenvalue weighted by Gasteiger charge is 2.32.